The lowest BCUT2D eigenvalue weighted by atomic mass is 10.5. The first-order valence-electron chi connectivity index (χ1n) is 3.05. The Morgan fingerprint density at radius 3 is 2.17 bits per heavy atom. The highest BCUT2D eigenvalue weighted by molar-refractivity contribution is 9.09. The lowest BCUT2D eigenvalue weighted by molar-refractivity contribution is -0.142. The van der Waals surface area contributed by atoms with Crippen LogP contribution < -0.4 is 0 Å². The summed E-state index contributed by atoms with van der Waals surface area (Å²) in [6, 6.07) is 0. The highest BCUT2D eigenvalue weighted by Crippen LogP contribution is 2.63. The first kappa shape index (κ1) is 13.2. The molecule has 0 aromatic carbocycles. The van der Waals surface area contributed by atoms with E-state index in [4.69, 9.17) is 39.0 Å². The van der Waals surface area contributed by atoms with Gasteiger partial charge in [0, 0.05) is 6.92 Å². The van der Waals surface area contributed by atoms with E-state index in [1.54, 1.807) is 6.92 Å². The molecule has 0 rings (SSSR count). The first-order valence-corrected chi connectivity index (χ1v) is 8.65. The maximum atomic E-state index is 10.6. The average molecular weight is 314 g/mol. The van der Waals surface area contributed by atoms with Gasteiger partial charge in [0.15, 0.2) is 10.6 Å². The zero-order valence-corrected chi connectivity index (χ0v) is 11.3. The van der Waals surface area contributed by atoms with Gasteiger partial charge in [0.2, 0.25) is 0 Å². The minimum Gasteiger partial charge on any atom is -0.453 e. The van der Waals surface area contributed by atoms with Crippen molar-refractivity contribution in [2.75, 3.05) is 0 Å². The Bertz CT molecular complexity index is 217. The van der Waals surface area contributed by atoms with Crippen molar-refractivity contribution in [3.8, 4) is 0 Å². The lowest BCUT2D eigenvalue weighted by Crippen LogP contribution is -2.21. The van der Waals surface area contributed by atoms with E-state index in [1.807, 2.05) is 0 Å². The van der Waals surface area contributed by atoms with Crippen molar-refractivity contribution in [1.29, 1.82) is 0 Å². The molecule has 2 nitrogen and oxygen atoms in total. The number of hydrogen-bond donors (Lipinski definition) is 0. The molecule has 7 heteroatoms. The van der Waals surface area contributed by atoms with Crippen molar-refractivity contribution in [3.05, 3.63) is 0 Å². The van der Waals surface area contributed by atoms with Crippen LogP contribution in [0.3, 0.4) is 0 Å². The van der Waals surface area contributed by atoms with Gasteiger partial charge in [-0.05, 0) is 6.92 Å². The van der Waals surface area contributed by atoms with Gasteiger partial charge < -0.3 is 4.74 Å². The Balaban J connectivity index is 4.46. The number of esters is 1. The quantitative estimate of drug-likeness (QED) is 0.453. The van der Waals surface area contributed by atoms with Crippen LogP contribution in [0.4, 0.5) is 0 Å². The molecule has 0 aromatic heterocycles. The number of halogens is 3. The van der Waals surface area contributed by atoms with Gasteiger partial charge in [-0.15, -0.1) is 0 Å². The lowest BCUT2D eigenvalue weighted by Gasteiger charge is -2.22. The second-order valence-electron chi connectivity index (χ2n) is 2.18. The van der Waals surface area contributed by atoms with Gasteiger partial charge in [-0.2, -0.15) is 0 Å². The Kier molecular flexibility index (Phi) is 5.67. The van der Waals surface area contributed by atoms with E-state index in [0.29, 0.717) is 0 Å². The SMILES string of the molecule is CC(=O)OC(C(C)Br)P(=S)(Cl)Cl. The van der Waals surface area contributed by atoms with E-state index in [2.05, 4.69) is 15.9 Å². The van der Waals surface area contributed by atoms with Crippen LogP contribution >= 0.6 is 43.2 Å². The van der Waals surface area contributed by atoms with Gasteiger partial charge in [-0.3, -0.25) is 4.79 Å². The summed E-state index contributed by atoms with van der Waals surface area (Å²) in [4.78, 5) is 10.5. The Labute approximate surface area is 94.7 Å². The summed E-state index contributed by atoms with van der Waals surface area (Å²) < 4.78 is 2.27. The second-order valence-corrected chi connectivity index (χ2v) is 11.8. The molecule has 0 heterocycles. The van der Waals surface area contributed by atoms with Gasteiger partial charge in [-0.1, -0.05) is 50.2 Å². The molecular weight excluding hydrogens is 306 g/mol. The molecule has 0 saturated carbocycles. The van der Waals surface area contributed by atoms with Crippen molar-refractivity contribution in [2.45, 2.75) is 24.5 Å². The average Bonchev–Trinajstić information content (AvgIpc) is 1.79. The van der Waals surface area contributed by atoms with Crippen LogP contribution in [0, 0.1) is 0 Å². The molecule has 0 bridgehead atoms. The van der Waals surface area contributed by atoms with Crippen LogP contribution in [-0.2, 0) is 21.3 Å². The first-order chi connectivity index (χ1) is 5.25. The second kappa shape index (κ2) is 5.16. The number of ether oxygens (including phenoxy) is 1. The highest BCUT2D eigenvalue weighted by Gasteiger charge is 2.31. The standard InChI is InChI=1S/C5H8BrCl2O2PS/c1-3(6)5(10-4(2)9)11(7,8)12/h3,5H,1-2H3. The summed E-state index contributed by atoms with van der Waals surface area (Å²) in [7, 11) is 0. The molecule has 0 amide bonds. The summed E-state index contributed by atoms with van der Waals surface area (Å²) in [6.45, 7) is 3.07. The normalized spacial score (nSPS) is 16.8. The van der Waals surface area contributed by atoms with Crippen LogP contribution in [-0.4, -0.2) is 16.6 Å². The monoisotopic (exact) mass is 312 g/mol. The Morgan fingerprint density at radius 1 is 1.67 bits per heavy atom. The molecule has 0 saturated heterocycles. The fourth-order valence-electron chi connectivity index (χ4n) is 0.564. The van der Waals surface area contributed by atoms with Gasteiger partial charge in [0.1, 0.15) is 0 Å². The minimum atomic E-state index is -2.60. The summed E-state index contributed by atoms with van der Waals surface area (Å²) in [5, 5.41) is 0. The number of carbonyl (C=O) groups excluding carboxylic acids is 1. The zero-order chi connectivity index (χ0) is 9.94. The zero-order valence-electron chi connectivity index (χ0n) is 6.46. The molecule has 12 heavy (non-hydrogen) atoms. The van der Waals surface area contributed by atoms with E-state index in [9.17, 15) is 4.79 Å². The van der Waals surface area contributed by atoms with E-state index in [-0.39, 0.29) is 4.83 Å². The van der Waals surface area contributed by atoms with Crippen molar-refractivity contribution in [1.82, 2.24) is 0 Å². The summed E-state index contributed by atoms with van der Waals surface area (Å²) in [6.07, 6.45) is 0. The van der Waals surface area contributed by atoms with Gasteiger partial charge in [0.25, 0.3) is 0 Å². The van der Waals surface area contributed by atoms with Crippen LogP contribution in [0.5, 0.6) is 0 Å². The molecule has 0 radical (unpaired) electrons. The number of hydrogen-bond acceptors (Lipinski definition) is 3. The Hall–Kier alpha value is 1.18. The molecule has 0 fully saturated rings. The smallest absolute Gasteiger partial charge is 0.303 e. The number of carbonyl (C=O) groups is 1. The molecular formula is C5H8BrCl2O2PS. The van der Waals surface area contributed by atoms with E-state index >= 15 is 0 Å². The van der Waals surface area contributed by atoms with E-state index < -0.39 is 16.6 Å². The third-order valence-electron chi connectivity index (χ3n) is 0.976. The molecule has 0 aliphatic carbocycles. The van der Waals surface area contributed by atoms with Crippen LogP contribution in [0.25, 0.3) is 0 Å². The Morgan fingerprint density at radius 2 is 2.08 bits per heavy atom. The fraction of sp³-hybridized carbons (Fsp3) is 0.800. The van der Waals surface area contributed by atoms with E-state index in [1.165, 1.54) is 6.92 Å². The third-order valence-corrected chi connectivity index (χ3v) is 4.79. The molecule has 0 aromatic rings. The van der Waals surface area contributed by atoms with Crippen LogP contribution in [0.2, 0.25) is 0 Å². The van der Waals surface area contributed by atoms with Crippen molar-refractivity contribution in [2.24, 2.45) is 0 Å². The molecule has 2 atom stereocenters. The van der Waals surface area contributed by atoms with Crippen molar-refractivity contribution < 1.29 is 9.53 Å². The molecule has 2 unspecified atom stereocenters. The third kappa shape index (κ3) is 5.03. The number of rotatable bonds is 3. The molecule has 0 aliphatic rings. The summed E-state index contributed by atoms with van der Waals surface area (Å²) in [5.41, 5.74) is 0. The van der Waals surface area contributed by atoms with E-state index in [0.717, 1.165) is 0 Å². The predicted molar refractivity (Wildman–Crippen MR) is 59.9 cm³/mol. The predicted octanol–water partition coefficient (Wildman–Crippen LogP) is 3.45. The summed E-state index contributed by atoms with van der Waals surface area (Å²) in [5.74, 6) is -1.05. The molecule has 0 N–H and O–H groups in total. The van der Waals surface area contributed by atoms with Gasteiger partial charge in [0.05, 0.1) is 4.83 Å². The van der Waals surface area contributed by atoms with Gasteiger partial charge >= 0.3 is 5.97 Å². The maximum absolute atomic E-state index is 10.6. The largest absolute Gasteiger partial charge is 0.453 e. The maximum Gasteiger partial charge on any atom is 0.303 e. The number of alkyl halides is 1. The van der Waals surface area contributed by atoms with Crippen LogP contribution in [0.1, 0.15) is 13.8 Å². The highest BCUT2D eigenvalue weighted by atomic mass is 79.9. The molecule has 0 aliphatic heterocycles. The molecule has 72 valence electrons. The van der Waals surface area contributed by atoms with Crippen LogP contribution in [0.15, 0.2) is 0 Å². The fourth-order valence-corrected chi connectivity index (χ4v) is 5.70. The summed E-state index contributed by atoms with van der Waals surface area (Å²) >= 11 is 19.5. The van der Waals surface area contributed by atoms with Gasteiger partial charge in [-0.25, -0.2) is 0 Å². The van der Waals surface area contributed by atoms with Crippen molar-refractivity contribution >= 4 is 60.9 Å². The molecule has 0 spiro atoms. The topological polar surface area (TPSA) is 26.3 Å². The van der Waals surface area contributed by atoms with Crippen molar-refractivity contribution in [3.63, 3.8) is 0 Å². The minimum absolute atomic E-state index is 0.137.